The number of pyridine rings is 1. The second-order valence-electron chi connectivity index (χ2n) is 7.64. The second-order valence-corrected chi connectivity index (χ2v) is 8.58. The molecule has 0 aliphatic heterocycles. The Morgan fingerprint density at radius 2 is 1.56 bits per heavy atom. The number of aromatic nitrogens is 4. The lowest BCUT2D eigenvalue weighted by atomic mass is 10.0. The fourth-order valence-electron chi connectivity index (χ4n) is 3.81. The van der Waals surface area contributed by atoms with E-state index in [0.717, 1.165) is 33.8 Å². The highest BCUT2D eigenvalue weighted by atomic mass is 32.2. The quantitative estimate of drug-likeness (QED) is 0.198. The molecule has 4 nitrogen and oxygen atoms in total. The number of para-hydroxylation sites is 1. The first-order chi connectivity index (χ1) is 16.5. The fourth-order valence-corrected chi connectivity index (χ4v) is 4.79. The Morgan fingerprint density at radius 1 is 0.824 bits per heavy atom. The minimum atomic E-state index is -1.20. The molecule has 0 saturated carbocycles. The van der Waals surface area contributed by atoms with Gasteiger partial charge in [0.1, 0.15) is 5.82 Å². The van der Waals surface area contributed by atoms with Crippen LogP contribution < -0.4 is 0 Å². The summed E-state index contributed by atoms with van der Waals surface area (Å²) in [6.45, 7) is 2.54. The third-order valence-electron chi connectivity index (χ3n) is 5.51. The standard InChI is InChI=1S/C26H19F3N4S/c1-2-33-25(31-32-26(33)34-15-17-12-21(28)22(29)14-20(17)27)19-13-24(16-8-4-3-5-9-16)30-23-11-7-6-10-18(19)23/h3-14H,2,15H2,1H3. The van der Waals surface area contributed by atoms with Crippen LogP contribution in [0.15, 0.2) is 78.0 Å². The Morgan fingerprint density at radius 3 is 2.35 bits per heavy atom. The van der Waals surface area contributed by atoms with E-state index >= 15 is 0 Å². The molecule has 0 unspecified atom stereocenters. The van der Waals surface area contributed by atoms with E-state index in [-0.39, 0.29) is 11.3 Å². The molecule has 2 aromatic heterocycles. The minimum Gasteiger partial charge on any atom is -0.302 e. The molecule has 170 valence electrons. The van der Waals surface area contributed by atoms with E-state index in [4.69, 9.17) is 4.98 Å². The number of thioether (sulfide) groups is 1. The topological polar surface area (TPSA) is 43.6 Å². The Balaban J connectivity index is 1.56. The van der Waals surface area contributed by atoms with Crippen LogP contribution in [0.3, 0.4) is 0 Å². The molecule has 0 aliphatic carbocycles. The Hall–Kier alpha value is -3.65. The van der Waals surface area contributed by atoms with Gasteiger partial charge in [-0.25, -0.2) is 18.2 Å². The van der Waals surface area contributed by atoms with Crippen LogP contribution >= 0.6 is 11.8 Å². The predicted octanol–water partition coefficient (Wildman–Crippen LogP) is 6.89. The number of nitrogens with zero attached hydrogens (tertiary/aromatic N) is 4. The van der Waals surface area contributed by atoms with Crippen LogP contribution in [0, 0.1) is 17.5 Å². The lowest BCUT2D eigenvalue weighted by Crippen LogP contribution is -2.02. The molecule has 2 heterocycles. The lowest BCUT2D eigenvalue weighted by molar-refractivity contribution is 0.492. The van der Waals surface area contributed by atoms with Crippen LogP contribution in [0.2, 0.25) is 0 Å². The van der Waals surface area contributed by atoms with Gasteiger partial charge in [0.05, 0.1) is 11.2 Å². The summed E-state index contributed by atoms with van der Waals surface area (Å²) in [5.41, 5.74) is 3.59. The van der Waals surface area contributed by atoms with Gasteiger partial charge in [-0.3, -0.25) is 0 Å². The van der Waals surface area contributed by atoms with Crippen molar-refractivity contribution in [3.8, 4) is 22.6 Å². The number of benzene rings is 3. The molecule has 0 spiro atoms. The molecule has 0 saturated heterocycles. The van der Waals surface area contributed by atoms with Crippen molar-refractivity contribution in [3.05, 3.63) is 95.8 Å². The highest BCUT2D eigenvalue weighted by Crippen LogP contribution is 2.33. The molecule has 0 atom stereocenters. The molecular formula is C26H19F3N4S. The first kappa shape index (κ1) is 22.2. The van der Waals surface area contributed by atoms with E-state index in [0.29, 0.717) is 23.6 Å². The highest BCUT2D eigenvalue weighted by Gasteiger charge is 2.18. The Kier molecular flexibility index (Phi) is 6.06. The molecule has 0 fully saturated rings. The number of fused-ring (bicyclic) bond motifs is 1. The maximum absolute atomic E-state index is 14.1. The van der Waals surface area contributed by atoms with Gasteiger partial charge in [0, 0.05) is 40.4 Å². The van der Waals surface area contributed by atoms with Gasteiger partial charge in [-0.2, -0.15) is 0 Å². The predicted molar refractivity (Wildman–Crippen MR) is 128 cm³/mol. The summed E-state index contributed by atoms with van der Waals surface area (Å²) in [7, 11) is 0. The fraction of sp³-hybridized carbons (Fsp3) is 0.115. The molecule has 0 N–H and O–H groups in total. The minimum absolute atomic E-state index is 0.0665. The molecule has 8 heteroatoms. The van der Waals surface area contributed by atoms with Crippen LogP contribution in [-0.4, -0.2) is 19.7 Å². The highest BCUT2D eigenvalue weighted by molar-refractivity contribution is 7.98. The zero-order valence-electron chi connectivity index (χ0n) is 18.2. The molecule has 34 heavy (non-hydrogen) atoms. The summed E-state index contributed by atoms with van der Waals surface area (Å²) in [4.78, 5) is 4.82. The molecule has 3 aromatic carbocycles. The van der Waals surface area contributed by atoms with E-state index in [1.807, 2.05) is 72.2 Å². The number of rotatable bonds is 6. The summed E-state index contributed by atoms with van der Waals surface area (Å²) >= 11 is 1.22. The van der Waals surface area contributed by atoms with Crippen LogP contribution in [-0.2, 0) is 12.3 Å². The second kappa shape index (κ2) is 9.30. The number of hydrogen-bond donors (Lipinski definition) is 0. The van der Waals surface area contributed by atoms with Crippen LogP contribution in [0.25, 0.3) is 33.5 Å². The van der Waals surface area contributed by atoms with E-state index in [1.54, 1.807) is 0 Å². The first-order valence-corrected chi connectivity index (χ1v) is 11.7. The Labute approximate surface area is 198 Å². The van der Waals surface area contributed by atoms with E-state index < -0.39 is 17.5 Å². The van der Waals surface area contributed by atoms with Gasteiger partial charge in [0.15, 0.2) is 22.6 Å². The third-order valence-corrected chi connectivity index (χ3v) is 6.52. The number of halogens is 3. The summed E-state index contributed by atoms with van der Waals surface area (Å²) < 4.78 is 42.9. The summed E-state index contributed by atoms with van der Waals surface area (Å²) in [6, 6.07) is 21.2. The third kappa shape index (κ3) is 4.17. The van der Waals surface area contributed by atoms with Crippen molar-refractivity contribution in [1.82, 2.24) is 19.7 Å². The summed E-state index contributed by atoms with van der Waals surface area (Å²) in [5, 5.41) is 10.3. The zero-order valence-corrected chi connectivity index (χ0v) is 19.0. The normalized spacial score (nSPS) is 11.3. The van der Waals surface area contributed by atoms with Crippen molar-refractivity contribution in [2.45, 2.75) is 24.4 Å². The van der Waals surface area contributed by atoms with Crippen LogP contribution in [0.4, 0.5) is 13.2 Å². The molecule has 0 bridgehead atoms. The van der Waals surface area contributed by atoms with Gasteiger partial charge in [-0.15, -0.1) is 10.2 Å². The van der Waals surface area contributed by atoms with Gasteiger partial charge in [-0.1, -0.05) is 60.3 Å². The van der Waals surface area contributed by atoms with Crippen molar-refractivity contribution in [3.63, 3.8) is 0 Å². The van der Waals surface area contributed by atoms with Crippen LogP contribution in [0.1, 0.15) is 12.5 Å². The summed E-state index contributed by atoms with van der Waals surface area (Å²) in [6.07, 6.45) is 0. The van der Waals surface area contributed by atoms with E-state index in [2.05, 4.69) is 10.2 Å². The van der Waals surface area contributed by atoms with Crippen molar-refractivity contribution in [2.24, 2.45) is 0 Å². The van der Waals surface area contributed by atoms with Gasteiger partial charge in [-0.05, 0) is 25.1 Å². The largest absolute Gasteiger partial charge is 0.302 e. The molecule has 5 rings (SSSR count). The average Bonchev–Trinajstić information content (AvgIpc) is 3.28. The molecule has 0 radical (unpaired) electrons. The van der Waals surface area contributed by atoms with Gasteiger partial charge in [0.2, 0.25) is 0 Å². The zero-order chi connectivity index (χ0) is 23.7. The molecule has 0 aliphatic rings. The Bertz CT molecular complexity index is 1480. The summed E-state index contributed by atoms with van der Waals surface area (Å²) in [5.74, 6) is -2.32. The van der Waals surface area contributed by atoms with Crippen LogP contribution in [0.5, 0.6) is 0 Å². The van der Waals surface area contributed by atoms with Gasteiger partial charge >= 0.3 is 0 Å². The van der Waals surface area contributed by atoms with Crippen molar-refractivity contribution in [1.29, 1.82) is 0 Å². The monoisotopic (exact) mass is 476 g/mol. The SMILES string of the molecule is CCn1c(SCc2cc(F)c(F)cc2F)nnc1-c1cc(-c2ccccc2)nc2ccccc12. The number of hydrogen-bond acceptors (Lipinski definition) is 4. The maximum Gasteiger partial charge on any atom is 0.191 e. The van der Waals surface area contributed by atoms with Crippen molar-refractivity contribution in [2.75, 3.05) is 0 Å². The van der Waals surface area contributed by atoms with Gasteiger partial charge in [0.25, 0.3) is 0 Å². The lowest BCUT2D eigenvalue weighted by Gasteiger charge is -2.12. The van der Waals surface area contributed by atoms with Crippen molar-refractivity contribution < 1.29 is 13.2 Å². The van der Waals surface area contributed by atoms with E-state index in [1.165, 1.54) is 11.8 Å². The average molecular weight is 477 g/mol. The van der Waals surface area contributed by atoms with Gasteiger partial charge < -0.3 is 4.57 Å². The maximum atomic E-state index is 14.1. The molecule has 0 amide bonds. The first-order valence-electron chi connectivity index (χ1n) is 10.7. The molecular weight excluding hydrogens is 457 g/mol. The molecule has 5 aromatic rings. The van der Waals surface area contributed by atoms with Crippen molar-refractivity contribution >= 4 is 22.7 Å². The smallest absolute Gasteiger partial charge is 0.191 e. The van der Waals surface area contributed by atoms with E-state index in [9.17, 15) is 13.2 Å².